The highest BCUT2D eigenvalue weighted by molar-refractivity contribution is 5.77. The minimum atomic E-state index is -0.624. The van der Waals surface area contributed by atoms with Gasteiger partial charge in [0, 0.05) is 38.3 Å². The van der Waals surface area contributed by atoms with E-state index in [1.54, 1.807) is 11.8 Å². The van der Waals surface area contributed by atoms with E-state index in [2.05, 4.69) is 40.3 Å². The summed E-state index contributed by atoms with van der Waals surface area (Å²) >= 11 is 0. The van der Waals surface area contributed by atoms with Gasteiger partial charge < -0.3 is 15.0 Å². The minimum absolute atomic E-state index is 0.106. The first-order valence-corrected chi connectivity index (χ1v) is 12.4. The molecule has 2 atom stereocenters. The number of carbonyl (C=O) groups excluding carboxylic acids is 3. The fraction of sp³-hybridized carbons (Fsp3) is 0.640. The summed E-state index contributed by atoms with van der Waals surface area (Å²) in [4.78, 5) is 45.1. The highest BCUT2D eigenvalue weighted by Gasteiger charge is 2.38. The van der Waals surface area contributed by atoms with Crippen molar-refractivity contribution in [3.05, 3.63) is 35.9 Å². The summed E-state index contributed by atoms with van der Waals surface area (Å²) in [6, 6.07) is 9.59. The number of benzene rings is 1. The first-order chi connectivity index (χ1) is 16.8. The van der Waals surface area contributed by atoms with E-state index in [0.717, 1.165) is 19.4 Å². The number of hydrogen-bond donors (Lipinski definition) is 3. The van der Waals surface area contributed by atoms with Gasteiger partial charge in [0.05, 0.1) is 0 Å². The van der Waals surface area contributed by atoms with Crippen molar-refractivity contribution in [2.24, 2.45) is 0 Å². The molecule has 2 unspecified atom stereocenters. The van der Waals surface area contributed by atoms with Crippen LogP contribution in [0.1, 0.15) is 52.5 Å². The number of esters is 1. The average Bonchev–Trinajstić information content (AvgIpc) is 2.86. The standard InChI is InChI=1S/C25H41N5O5/c1-5-22(6-2)35-24(33)20(3)27-28-34-17-23(32)29-14-15-30(16-21-10-8-7-9-11-21)25(4,18-29)12-13-26-19-31/h7-11,19-20,22,27-28H,5-6,12-18H2,1-4H3,(H,26,31). The molecule has 1 aliphatic heterocycles. The smallest absolute Gasteiger partial charge is 0.324 e. The lowest BCUT2D eigenvalue weighted by atomic mass is 9.91. The molecule has 0 bridgehead atoms. The number of rotatable bonds is 15. The predicted octanol–water partition coefficient (Wildman–Crippen LogP) is 1.37. The third-order valence-corrected chi connectivity index (χ3v) is 6.49. The van der Waals surface area contributed by atoms with Crippen molar-refractivity contribution in [1.82, 2.24) is 26.1 Å². The SMILES string of the molecule is CCC(CC)OC(=O)C(C)NNOCC(=O)N1CCN(Cc2ccccc2)C(C)(CCNC=O)C1. The van der Waals surface area contributed by atoms with Crippen LogP contribution in [0.4, 0.5) is 0 Å². The van der Waals surface area contributed by atoms with E-state index in [0.29, 0.717) is 39.0 Å². The second kappa shape index (κ2) is 14.8. The van der Waals surface area contributed by atoms with Crippen LogP contribution in [0.5, 0.6) is 0 Å². The number of hydrazine groups is 1. The van der Waals surface area contributed by atoms with Gasteiger partial charge >= 0.3 is 5.97 Å². The lowest BCUT2D eigenvalue weighted by Gasteiger charge is -2.49. The third kappa shape index (κ3) is 9.21. The number of carbonyl (C=O) groups is 3. The Morgan fingerprint density at radius 3 is 2.54 bits per heavy atom. The van der Waals surface area contributed by atoms with Gasteiger partial charge in [-0.2, -0.15) is 0 Å². The molecule has 2 rings (SSSR count). The zero-order chi connectivity index (χ0) is 25.7. The summed E-state index contributed by atoms with van der Waals surface area (Å²) in [6.07, 6.45) is 2.82. The molecule has 0 saturated carbocycles. The van der Waals surface area contributed by atoms with Crippen molar-refractivity contribution < 1.29 is 24.0 Å². The van der Waals surface area contributed by atoms with E-state index >= 15 is 0 Å². The zero-order valence-electron chi connectivity index (χ0n) is 21.4. The minimum Gasteiger partial charge on any atom is -0.461 e. The number of hydrogen-bond acceptors (Lipinski definition) is 8. The van der Waals surface area contributed by atoms with Crippen LogP contribution in [0.3, 0.4) is 0 Å². The summed E-state index contributed by atoms with van der Waals surface area (Å²) in [5.41, 5.74) is 6.10. The average molecular weight is 492 g/mol. The largest absolute Gasteiger partial charge is 0.461 e. The monoisotopic (exact) mass is 491 g/mol. The van der Waals surface area contributed by atoms with E-state index in [4.69, 9.17) is 9.57 Å². The number of nitrogens with one attached hydrogen (secondary N) is 3. The molecular formula is C25H41N5O5. The number of amides is 2. The van der Waals surface area contributed by atoms with Crippen molar-refractivity contribution in [3.8, 4) is 0 Å². The van der Waals surface area contributed by atoms with Crippen molar-refractivity contribution in [2.75, 3.05) is 32.8 Å². The summed E-state index contributed by atoms with van der Waals surface area (Å²) in [5.74, 6) is -0.532. The summed E-state index contributed by atoms with van der Waals surface area (Å²) in [6.45, 7) is 10.7. The van der Waals surface area contributed by atoms with Gasteiger partial charge in [-0.25, -0.2) is 5.43 Å². The van der Waals surface area contributed by atoms with Gasteiger partial charge in [0.1, 0.15) is 18.8 Å². The second-order valence-electron chi connectivity index (χ2n) is 9.17. The fourth-order valence-corrected chi connectivity index (χ4v) is 4.13. The molecule has 196 valence electrons. The Morgan fingerprint density at radius 1 is 1.17 bits per heavy atom. The van der Waals surface area contributed by atoms with Gasteiger partial charge in [-0.05, 0) is 38.7 Å². The first kappa shape index (κ1) is 28.7. The Labute approximate surface area is 208 Å². The molecule has 1 aromatic carbocycles. The molecule has 3 N–H and O–H groups in total. The maximum atomic E-state index is 12.8. The predicted molar refractivity (Wildman–Crippen MR) is 133 cm³/mol. The van der Waals surface area contributed by atoms with Crippen LogP contribution in [0.15, 0.2) is 30.3 Å². The maximum absolute atomic E-state index is 12.8. The topological polar surface area (TPSA) is 112 Å². The summed E-state index contributed by atoms with van der Waals surface area (Å²) in [7, 11) is 0. The lowest BCUT2D eigenvalue weighted by Crippen LogP contribution is -2.62. The van der Waals surface area contributed by atoms with Crippen LogP contribution >= 0.6 is 0 Å². The molecule has 0 spiro atoms. The lowest BCUT2D eigenvalue weighted by molar-refractivity contribution is -0.154. The zero-order valence-corrected chi connectivity index (χ0v) is 21.4. The highest BCUT2D eigenvalue weighted by atomic mass is 16.7. The molecule has 0 aliphatic carbocycles. The first-order valence-electron chi connectivity index (χ1n) is 12.4. The Kier molecular flexibility index (Phi) is 12.1. The quantitative estimate of drug-likeness (QED) is 0.146. The van der Waals surface area contributed by atoms with E-state index in [9.17, 15) is 14.4 Å². The van der Waals surface area contributed by atoms with Gasteiger partial charge in [0.25, 0.3) is 5.91 Å². The van der Waals surface area contributed by atoms with Crippen molar-refractivity contribution in [2.45, 2.75) is 71.2 Å². The van der Waals surface area contributed by atoms with Gasteiger partial charge in [-0.3, -0.25) is 24.1 Å². The van der Waals surface area contributed by atoms with E-state index < -0.39 is 6.04 Å². The third-order valence-electron chi connectivity index (χ3n) is 6.49. The van der Waals surface area contributed by atoms with Crippen molar-refractivity contribution in [3.63, 3.8) is 0 Å². The Hall–Kier alpha value is -2.53. The molecule has 10 heteroatoms. The normalized spacial score (nSPS) is 19.4. The Bertz CT molecular complexity index is 792. The van der Waals surface area contributed by atoms with Crippen LogP contribution in [-0.2, 0) is 30.5 Å². The number of piperazine rings is 1. The molecular weight excluding hydrogens is 450 g/mol. The van der Waals surface area contributed by atoms with Crippen molar-refractivity contribution in [1.29, 1.82) is 0 Å². The molecule has 1 fully saturated rings. The highest BCUT2D eigenvalue weighted by Crippen LogP contribution is 2.27. The second-order valence-corrected chi connectivity index (χ2v) is 9.17. The van der Waals surface area contributed by atoms with Crippen LogP contribution in [0, 0.1) is 0 Å². The molecule has 1 aliphatic rings. The van der Waals surface area contributed by atoms with Crippen LogP contribution in [0.2, 0.25) is 0 Å². The summed E-state index contributed by atoms with van der Waals surface area (Å²) < 4.78 is 5.40. The van der Waals surface area contributed by atoms with Crippen molar-refractivity contribution >= 4 is 18.3 Å². The fourth-order valence-electron chi connectivity index (χ4n) is 4.13. The van der Waals surface area contributed by atoms with Gasteiger partial charge in [-0.15, -0.1) is 5.59 Å². The van der Waals surface area contributed by atoms with E-state index in [1.807, 2.05) is 32.0 Å². The van der Waals surface area contributed by atoms with Crippen LogP contribution in [0.25, 0.3) is 0 Å². The number of nitrogens with zero attached hydrogens (tertiary/aromatic N) is 2. The molecule has 35 heavy (non-hydrogen) atoms. The molecule has 1 aromatic rings. The molecule has 1 saturated heterocycles. The van der Waals surface area contributed by atoms with Crippen LogP contribution < -0.4 is 16.3 Å². The molecule has 10 nitrogen and oxygen atoms in total. The molecule has 0 aromatic heterocycles. The van der Waals surface area contributed by atoms with Gasteiger partial charge in [0.2, 0.25) is 6.41 Å². The molecule has 1 heterocycles. The van der Waals surface area contributed by atoms with Gasteiger partial charge in [-0.1, -0.05) is 44.2 Å². The van der Waals surface area contributed by atoms with E-state index in [-0.39, 0.29) is 30.1 Å². The maximum Gasteiger partial charge on any atom is 0.324 e. The van der Waals surface area contributed by atoms with E-state index in [1.165, 1.54) is 5.56 Å². The number of ether oxygens (including phenoxy) is 1. The van der Waals surface area contributed by atoms with Crippen LogP contribution in [-0.4, -0.2) is 78.6 Å². The summed E-state index contributed by atoms with van der Waals surface area (Å²) in [5, 5.41) is 2.74. The Morgan fingerprint density at radius 2 is 1.89 bits per heavy atom. The van der Waals surface area contributed by atoms with Gasteiger partial charge in [0.15, 0.2) is 0 Å². The Balaban J connectivity index is 1.85. The molecule has 2 amide bonds. The molecule has 0 radical (unpaired) electrons.